The first-order chi connectivity index (χ1) is 6.18. The van der Waals surface area contributed by atoms with Gasteiger partial charge in [-0.15, -0.1) is 0 Å². The van der Waals surface area contributed by atoms with E-state index in [2.05, 4.69) is 0 Å². The first-order valence-corrected chi connectivity index (χ1v) is 4.42. The summed E-state index contributed by atoms with van der Waals surface area (Å²) in [5, 5.41) is 9.44. The van der Waals surface area contributed by atoms with Crippen molar-refractivity contribution >= 4 is 0 Å². The maximum atomic E-state index is 12.8. The fraction of sp³-hybridized carbons (Fsp3) is 0.400. The van der Waals surface area contributed by atoms with Crippen molar-refractivity contribution in [2.75, 3.05) is 0 Å². The molecule has 0 aromatic heterocycles. The molecule has 2 rings (SSSR count). The second kappa shape index (κ2) is 3.00. The third-order valence-corrected chi connectivity index (χ3v) is 2.48. The topological polar surface area (TPSA) is 46.2 Å². The third-order valence-electron chi connectivity index (χ3n) is 2.48. The van der Waals surface area contributed by atoms with Crippen molar-refractivity contribution in [3.8, 4) is 5.75 Å². The molecule has 0 spiro atoms. The summed E-state index contributed by atoms with van der Waals surface area (Å²) in [7, 11) is 0. The van der Waals surface area contributed by atoms with Gasteiger partial charge in [-0.3, -0.25) is 0 Å². The van der Waals surface area contributed by atoms with Crippen LogP contribution in [0.5, 0.6) is 5.75 Å². The Morgan fingerprint density at radius 2 is 2.15 bits per heavy atom. The second-order valence-corrected chi connectivity index (χ2v) is 3.57. The molecule has 1 fully saturated rings. The molecular weight excluding hydrogens is 169 g/mol. The highest BCUT2D eigenvalue weighted by Crippen LogP contribution is 2.41. The van der Waals surface area contributed by atoms with E-state index in [0.29, 0.717) is 11.5 Å². The molecule has 1 aliphatic carbocycles. The SMILES string of the molecule is N[C@H](c1cc(F)ccc1O)C1CC1. The van der Waals surface area contributed by atoms with E-state index in [1.807, 2.05) is 0 Å². The molecule has 0 aliphatic heterocycles. The maximum absolute atomic E-state index is 12.8. The fourth-order valence-corrected chi connectivity index (χ4v) is 1.50. The molecule has 1 aromatic rings. The van der Waals surface area contributed by atoms with Crippen molar-refractivity contribution in [3.05, 3.63) is 29.6 Å². The molecule has 70 valence electrons. The molecule has 3 heteroatoms. The summed E-state index contributed by atoms with van der Waals surface area (Å²) in [5.41, 5.74) is 6.37. The molecule has 0 radical (unpaired) electrons. The quantitative estimate of drug-likeness (QED) is 0.732. The van der Waals surface area contributed by atoms with Crippen molar-refractivity contribution in [2.24, 2.45) is 11.7 Å². The van der Waals surface area contributed by atoms with Crippen molar-refractivity contribution in [1.82, 2.24) is 0 Å². The van der Waals surface area contributed by atoms with E-state index in [0.717, 1.165) is 12.8 Å². The number of halogens is 1. The van der Waals surface area contributed by atoms with Crippen molar-refractivity contribution in [2.45, 2.75) is 18.9 Å². The Kier molecular flexibility index (Phi) is 1.96. The second-order valence-electron chi connectivity index (χ2n) is 3.57. The Morgan fingerprint density at radius 1 is 1.46 bits per heavy atom. The van der Waals surface area contributed by atoms with Crippen LogP contribution in [0, 0.1) is 11.7 Å². The minimum absolute atomic E-state index is 0.0980. The van der Waals surface area contributed by atoms with Gasteiger partial charge in [0.15, 0.2) is 0 Å². The van der Waals surface area contributed by atoms with Gasteiger partial charge in [0.2, 0.25) is 0 Å². The Balaban J connectivity index is 2.31. The minimum Gasteiger partial charge on any atom is -0.508 e. The molecule has 0 heterocycles. The molecule has 0 saturated heterocycles. The summed E-state index contributed by atoms with van der Waals surface area (Å²) in [6, 6.07) is 3.69. The van der Waals surface area contributed by atoms with E-state index in [9.17, 15) is 9.50 Å². The van der Waals surface area contributed by atoms with Crippen LogP contribution in [0.2, 0.25) is 0 Å². The maximum Gasteiger partial charge on any atom is 0.123 e. The molecule has 1 saturated carbocycles. The number of benzene rings is 1. The van der Waals surface area contributed by atoms with Gasteiger partial charge in [-0.1, -0.05) is 0 Å². The van der Waals surface area contributed by atoms with E-state index in [-0.39, 0.29) is 17.6 Å². The molecule has 0 bridgehead atoms. The van der Waals surface area contributed by atoms with Gasteiger partial charge in [-0.2, -0.15) is 0 Å². The predicted molar refractivity (Wildman–Crippen MR) is 47.7 cm³/mol. The lowest BCUT2D eigenvalue weighted by Gasteiger charge is -2.12. The molecule has 3 N–H and O–H groups in total. The summed E-state index contributed by atoms with van der Waals surface area (Å²) < 4.78 is 12.8. The summed E-state index contributed by atoms with van der Waals surface area (Å²) >= 11 is 0. The molecule has 1 aromatic carbocycles. The summed E-state index contributed by atoms with van der Waals surface area (Å²) in [6.45, 7) is 0. The molecule has 13 heavy (non-hydrogen) atoms. The highest BCUT2D eigenvalue weighted by molar-refractivity contribution is 5.35. The normalized spacial score (nSPS) is 18.6. The number of nitrogens with two attached hydrogens (primary N) is 1. The van der Waals surface area contributed by atoms with Crippen LogP contribution < -0.4 is 5.73 Å². The molecular formula is C10H12FNO. The van der Waals surface area contributed by atoms with E-state index < -0.39 is 0 Å². The molecule has 0 unspecified atom stereocenters. The summed E-state index contributed by atoms with van der Waals surface area (Å²) in [4.78, 5) is 0. The van der Waals surface area contributed by atoms with Gasteiger partial charge < -0.3 is 10.8 Å². The average Bonchev–Trinajstić information content (AvgIpc) is 2.91. The van der Waals surface area contributed by atoms with Crippen LogP contribution in [-0.2, 0) is 0 Å². The van der Waals surface area contributed by atoms with Crippen LogP contribution in [0.25, 0.3) is 0 Å². The lowest BCUT2D eigenvalue weighted by Crippen LogP contribution is -2.12. The van der Waals surface area contributed by atoms with E-state index in [4.69, 9.17) is 5.73 Å². The first-order valence-electron chi connectivity index (χ1n) is 4.42. The van der Waals surface area contributed by atoms with E-state index in [1.165, 1.54) is 18.2 Å². The first kappa shape index (κ1) is 8.51. The van der Waals surface area contributed by atoms with Gasteiger partial charge in [-0.05, 0) is 37.0 Å². The Hall–Kier alpha value is -1.09. The summed E-state index contributed by atoms with van der Waals surface area (Å²) in [6.07, 6.45) is 2.16. The van der Waals surface area contributed by atoms with Gasteiger partial charge in [0.25, 0.3) is 0 Å². The Labute approximate surface area is 76.2 Å². The molecule has 2 nitrogen and oxygen atoms in total. The average molecular weight is 181 g/mol. The minimum atomic E-state index is -0.344. The van der Waals surface area contributed by atoms with Gasteiger partial charge in [0.05, 0.1) is 0 Å². The predicted octanol–water partition coefficient (Wildman–Crippen LogP) is 1.94. The van der Waals surface area contributed by atoms with Crippen LogP contribution in [-0.4, -0.2) is 5.11 Å². The standard InChI is InChI=1S/C10H12FNO/c11-7-3-4-9(13)8(5-7)10(12)6-1-2-6/h3-6,10,13H,1-2,12H2/t10-/m0/s1. The van der Waals surface area contributed by atoms with Crippen LogP contribution in [0.15, 0.2) is 18.2 Å². The molecule has 1 aliphatic rings. The highest BCUT2D eigenvalue weighted by Gasteiger charge is 2.31. The largest absolute Gasteiger partial charge is 0.508 e. The van der Waals surface area contributed by atoms with Crippen LogP contribution in [0.1, 0.15) is 24.4 Å². The summed E-state index contributed by atoms with van der Waals surface area (Å²) in [5.74, 6) is 0.178. The Morgan fingerprint density at radius 3 is 2.77 bits per heavy atom. The molecule has 0 amide bonds. The fourth-order valence-electron chi connectivity index (χ4n) is 1.50. The lowest BCUT2D eigenvalue weighted by molar-refractivity contribution is 0.453. The van der Waals surface area contributed by atoms with Crippen LogP contribution in [0.3, 0.4) is 0 Å². The number of rotatable bonds is 2. The van der Waals surface area contributed by atoms with Crippen molar-refractivity contribution in [3.63, 3.8) is 0 Å². The van der Waals surface area contributed by atoms with E-state index in [1.54, 1.807) is 0 Å². The smallest absolute Gasteiger partial charge is 0.123 e. The zero-order valence-electron chi connectivity index (χ0n) is 7.20. The van der Waals surface area contributed by atoms with Crippen molar-refractivity contribution < 1.29 is 9.50 Å². The zero-order valence-corrected chi connectivity index (χ0v) is 7.20. The van der Waals surface area contributed by atoms with E-state index >= 15 is 0 Å². The third kappa shape index (κ3) is 1.65. The van der Waals surface area contributed by atoms with Gasteiger partial charge >= 0.3 is 0 Å². The number of aromatic hydroxyl groups is 1. The zero-order chi connectivity index (χ0) is 9.42. The Bertz CT molecular complexity index is 323. The van der Waals surface area contributed by atoms with Gasteiger partial charge in [0, 0.05) is 11.6 Å². The number of phenolic OH excluding ortho intramolecular Hbond substituents is 1. The number of hydrogen-bond acceptors (Lipinski definition) is 2. The highest BCUT2D eigenvalue weighted by atomic mass is 19.1. The molecule has 1 atom stereocenters. The number of phenols is 1. The number of hydrogen-bond donors (Lipinski definition) is 2. The van der Waals surface area contributed by atoms with Crippen LogP contribution >= 0.6 is 0 Å². The monoisotopic (exact) mass is 181 g/mol. The van der Waals surface area contributed by atoms with Crippen molar-refractivity contribution in [1.29, 1.82) is 0 Å². The van der Waals surface area contributed by atoms with Gasteiger partial charge in [-0.25, -0.2) is 4.39 Å². The van der Waals surface area contributed by atoms with Crippen LogP contribution in [0.4, 0.5) is 4.39 Å². The lowest BCUT2D eigenvalue weighted by atomic mass is 10.0. The van der Waals surface area contributed by atoms with Gasteiger partial charge in [0.1, 0.15) is 11.6 Å².